The van der Waals surface area contributed by atoms with E-state index in [1.807, 2.05) is 24.4 Å². The third kappa shape index (κ3) is 3.53. The average molecular weight is 366 g/mol. The Morgan fingerprint density at radius 1 is 1.37 bits per heavy atom. The minimum Gasteiger partial charge on any atom is -0.388 e. The maximum Gasteiger partial charge on any atom is 0.278 e. The lowest BCUT2D eigenvalue weighted by molar-refractivity contribution is 0.0602. The lowest BCUT2D eigenvalue weighted by Crippen LogP contribution is -2.34. The number of aromatic amines is 1. The van der Waals surface area contributed by atoms with E-state index in [0.29, 0.717) is 12.2 Å². The molecule has 138 valence electrons. The van der Waals surface area contributed by atoms with Crippen molar-refractivity contribution < 1.29 is 14.4 Å². The number of aliphatic hydroxyl groups is 1. The number of hydrogen-bond acceptors (Lipinski definition) is 8. The highest BCUT2D eigenvalue weighted by Gasteiger charge is 2.37. The number of ether oxygens (including phenoxy) is 1. The number of nitrogens with zero attached hydrogens (tertiary/aromatic N) is 5. The molecule has 4 rings (SSSR count). The first kappa shape index (κ1) is 17.2. The first-order chi connectivity index (χ1) is 13.2. The van der Waals surface area contributed by atoms with Crippen LogP contribution in [0.15, 0.2) is 35.0 Å². The largest absolute Gasteiger partial charge is 0.388 e. The third-order valence-electron chi connectivity index (χ3n) is 4.45. The van der Waals surface area contributed by atoms with Gasteiger partial charge in [-0.25, -0.2) is 0 Å². The van der Waals surface area contributed by atoms with E-state index >= 15 is 0 Å². The Morgan fingerprint density at radius 3 is 2.96 bits per heavy atom. The van der Waals surface area contributed by atoms with Gasteiger partial charge in [0.05, 0.1) is 12.2 Å². The molecule has 3 aromatic heterocycles. The summed E-state index contributed by atoms with van der Waals surface area (Å²) in [5, 5.41) is 21.1. The summed E-state index contributed by atoms with van der Waals surface area (Å²) in [7, 11) is 1.68. The van der Waals surface area contributed by atoms with E-state index in [1.54, 1.807) is 13.2 Å². The summed E-state index contributed by atoms with van der Waals surface area (Å²) in [5.41, 5.74) is 0.763. The topological polar surface area (TPSA) is 113 Å². The minimum absolute atomic E-state index is 0.209. The average Bonchev–Trinajstić information content (AvgIpc) is 3.47. The van der Waals surface area contributed by atoms with Gasteiger partial charge in [0.25, 0.3) is 5.89 Å². The van der Waals surface area contributed by atoms with Gasteiger partial charge in [-0.05, 0) is 30.2 Å². The van der Waals surface area contributed by atoms with Gasteiger partial charge in [-0.1, -0.05) is 11.1 Å². The predicted molar refractivity (Wildman–Crippen MR) is 95.5 cm³/mol. The van der Waals surface area contributed by atoms with Gasteiger partial charge >= 0.3 is 0 Å². The molecule has 9 nitrogen and oxygen atoms in total. The summed E-state index contributed by atoms with van der Waals surface area (Å²) in [5.74, 6) is 7.53. The van der Waals surface area contributed by atoms with Crippen molar-refractivity contribution in [2.45, 2.75) is 18.6 Å². The van der Waals surface area contributed by atoms with Crippen LogP contribution in [0.25, 0.3) is 11.6 Å². The standard InChI is InChI=1S/C18H18N6O3/c1-26-18(7-6-13-3-2-9-19-13)8-10-24(12-18)16-5-4-14(21-22-16)17-20-15(11-25)23-27-17/h2-5,9,19,25H,8,10-12H2,1H3. The molecule has 0 radical (unpaired) electrons. The van der Waals surface area contributed by atoms with Gasteiger partial charge in [0.15, 0.2) is 17.3 Å². The van der Waals surface area contributed by atoms with Crippen molar-refractivity contribution in [2.75, 3.05) is 25.1 Å². The van der Waals surface area contributed by atoms with Crippen LogP contribution < -0.4 is 4.90 Å². The van der Waals surface area contributed by atoms with Gasteiger partial charge in [-0.3, -0.25) is 0 Å². The Morgan fingerprint density at radius 2 is 2.30 bits per heavy atom. The molecule has 0 amide bonds. The Hall–Kier alpha value is -3.22. The van der Waals surface area contributed by atoms with Crippen LogP contribution in [0.4, 0.5) is 5.82 Å². The Labute approximate surface area is 155 Å². The highest BCUT2D eigenvalue weighted by atomic mass is 16.5. The van der Waals surface area contributed by atoms with E-state index in [4.69, 9.17) is 14.4 Å². The second kappa shape index (κ2) is 7.19. The Balaban J connectivity index is 1.49. The summed E-state index contributed by atoms with van der Waals surface area (Å²) < 4.78 is 10.8. The maximum absolute atomic E-state index is 9.01. The van der Waals surface area contributed by atoms with E-state index in [1.165, 1.54) is 0 Å². The molecule has 9 heteroatoms. The SMILES string of the molecule is COC1(C#Cc2ccc[nH]2)CCN(c2ccc(-c3nc(CO)no3)nn2)C1. The molecule has 27 heavy (non-hydrogen) atoms. The van der Waals surface area contributed by atoms with E-state index < -0.39 is 5.60 Å². The van der Waals surface area contributed by atoms with Gasteiger partial charge in [-0.15, -0.1) is 10.2 Å². The van der Waals surface area contributed by atoms with Gasteiger partial charge in [0.2, 0.25) is 0 Å². The number of nitrogens with one attached hydrogen (secondary N) is 1. The van der Waals surface area contributed by atoms with Gasteiger partial charge in [0.1, 0.15) is 12.2 Å². The number of rotatable bonds is 4. The highest BCUT2D eigenvalue weighted by molar-refractivity contribution is 5.50. The zero-order valence-corrected chi connectivity index (χ0v) is 14.7. The molecule has 1 aliphatic rings. The van der Waals surface area contributed by atoms with E-state index in [-0.39, 0.29) is 18.3 Å². The molecule has 1 aliphatic heterocycles. The summed E-state index contributed by atoms with van der Waals surface area (Å²) in [4.78, 5) is 9.18. The molecule has 1 atom stereocenters. The minimum atomic E-state index is -0.548. The van der Waals surface area contributed by atoms with Crippen LogP contribution in [-0.4, -0.2) is 56.2 Å². The van der Waals surface area contributed by atoms with Crippen molar-refractivity contribution in [3.8, 4) is 23.4 Å². The fourth-order valence-electron chi connectivity index (χ4n) is 2.92. The van der Waals surface area contributed by atoms with Crippen LogP contribution >= 0.6 is 0 Å². The second-order valence-electron chi connectivity index (χ2n) is 6.15. The maximum atomic E-state index is 9.01. The van der Waals surface area contributed by atoms with Gasteiger partial charge in [0, 0.05) is 26.3 Å². The van der Waals surface area contributed by atoms with Crippen LogP contribution in [-0.2, 0) is 11.3 Å². The van der Waals surface area contributed by atoms with Crippen molar-refractivity contribution in [1.29, 1.82) is 0 Å². The molecular formula is C18H18N6O3. The smallest absolute Gasteiger partial charge is 0.278 e. The fourth-order valence-corrected chi connectivity index (χ4v) is 2.92. The molecule has 0 aliphatic carbocycles. The molecule has 4 heterocycles. The first-order valence-electron chi connectivity index (χ1n) is 8.45. The zero-order chi connectivity index (χ0) is 18.7. The van der Waals surface area contributed by atoms with Crippen molar-refractivity contribution in [1.82, 2.24) is 25.3 Å². The Kier molecular flexibility index (Phi) is 4.58. The van der Waals surface area contributed by atoms with E-state index in [0.717, 1.165) is 24.5 Å². The number of aliphatic hydroxyl groups excluding tert-OH is 1. The van der Waals surface area contributed by atoms with Crippen molar-refractivity contribution in [2.24, 2.45) is 0 Å². The monoisotopic (exact) mass is 366 g/mol. The molecule has 2 N–H and O–H groups in total. The number of H-pyrrole nitrogens is 1. The highest BCUT2D eigenvalue weighted by Crippen LogP contribution is 2.28. The van der Waals surface area contributed by atoms with E-state index in [9.17, 15) is 0 Å². The van der Waals surface area contributed by atoms with Crippen LogP contribution in [0.2, 0.25) is 0 Å². The van der Waals surface area contributed by atoms with Gasteiger partial charge < -0.3 is 24.3 Å². The summed E-state index contributed by atoms with van der Waals surface area (Å²) in [6.45, 7) is 1.07. The lowest BCUT2D eigenvalue weighted by atomic mass is 10.0. The van der Waals surface area contributed by atoms with Crippen molar-refractivity contribution in [3.05, 3.63) is 42.0 Å². The van der Waals surface area contributed by atoms with Crippen LogP contribution in [0, 0.1) is 11.8 Å². The molecule has 3 aromatic rings. The van der Waals surface area contributed by atoms with Gasteiger partial charge in [-0.2, -0.15) is 4.98 Å². The lowest BCUT2D eigenvalue weighted by Gasteiger charge is -2.22. The second-order valence-corrected chi connectivity index (χ2v) is 6.15. The molecule has 0 aromatic carbocycles. The molecule has 1 unspecified atom stereocenters. The van der Waals surface area contributed by atoms with Crippen LogP contribution in [0.5, 0.6) is 0 Å². The predicted octanol–water partition coefficient (Wildman–Crippen LogP) is 0.994. The van der Waals surface area contributed by atoms with Crippen LogP contribution in [0.3, 0.4) is 0 Å². The zero-order valence-electron chi connectivity index (χ0n) is 14.7. The molecule has 1 saturated heterocycles. The molecular weight excluding hydrogens is 348 g/mol. The number of anilines is 1. The molecule has 0 saturated carbocycles. The molecule has 0 bridgehead atoms. The number of methoxy groups -OCH3 is 1. The van der Waals surface area contributed by atoms with Crippen LogP contribution in [0.1, 0.15) is 17.9 Å². The quantitative estimate of drug-likeness (QED) is 0.658. The number of hydrogen-bond donors (Lipinski definition) is 2. The summed E-state index contributed by atoms with van der Waals surface area (Å²) in [6.07, 6.45) is 2.61. The van der Waals surface area contributed by atoms with Crippen molar-refractivity contribution >= 4 is 5.82 Å². The third-order valence-corrected chi connectivity index (χ3v) is 4.45. The summed E-state index contributed by atoms with van der Waals surface area (Å²) >= 11 is 0. The fraction of sp³-hybridized carbons (Fsp3) is 0.333. The first-order valence-corrected chi connectivity index (χ1v) is 8.45. The number of aromatic nitrogens is 5. The normalized spacial score (nSPS) is 19.1. The van der Waals surface area contributed by atoms with Crippen molar-refractivity contribution in [3.63, 3.8) is 0 Å². The molecule has 1 fully saturated rings. The molecule has 0 spiro atoms. The van der Waals surface area contributed by atoms with E-state index in [2.05, 4.69) is 42.1 Å². The Bertz CT molecular complexity index is 957. The summed E-state index contributed by atoms with van der Waals surface area (Å²) in [6, 6.07) is 7.44.